The maximum absolute atomic E-state index is 12.8. The second-order valence-corrected chi connectivity index (χ2v) is 10.0. The lowest BCUT2D eigenvalue weighted by atomic mass is 9.46. The van der Waals surface area contributed by atoms with E-state index in [0.717, 1.165) is 57.3 Å². The van der Waals surface area contributed by atoms with Gasteiger partial charge in [0.1, 0.15) is 0 Å². The fourth-order valence-electron chi connectivity index (χ4n) is 6.69. The molecule has 2 fully saturated rings. The quantitative estimate of drug-likeness (QED) is 0.351. The molecule has 2 aliphatic carbocycles. The van der Waals surface area contributed by atoms with E-state index in [0.29, 0.717) is 11.8 Å². The van der Waals surface area contributed by atoms with Crippen LogP contribution < -0.4 is 4.57 Å². The van der Waals surface area contributed by atoms with E-state index in [4.69, 9.17) is 9.15 Å². The average molecular weight is 423 g/mol. The summed E-state index contributed by atoms with van der Waals surface area (Å²) >= 11 is 0. The fourth-order valence-corrected chi connectivity index (χ4v) is 6.69. The highest BCUT2D eigenvalue weighted by molar-refractivity contribution is 5.77. The molecule has 0 aromatic carbocycles. The Kier molecular flexibility index (Phi) is 6.09. The number of pyridine rings is 1. The van der Waals surface area contributed by atoms with E-state index in [1.807, 2.05) is 24.5 Å². The Morgan fingerprint density at radius 2 is 2.03 bits per heavy atom. The molecule has 4 heteroatoms. The standard InChI is InChI=1S/C27H36NO3/c1-20-9-12-24-26(2,14-8-15-27(24,3)25(29)30-4)22(20)11-10-21-13-18-31-23(21)19-28-16-6-5-7-17-28/h5-7,13,16-18,22,24H,1,8-12,14-15,19H2,2-4H3/q+1. The molecule has 0 N–H and O–H groups in total. The summed E-state index contributed by atoms with van der Waals surface area (Å²) in [5.74, 6) is 1.76. The van der Waals surface area contributed by atoms with Crippen LogP contribution >= 0.6 is 0 Å². The van der Waals surface area contributed by atoms with Crippen molar-refractivity contribution in [3.05, 3.63) is 66.4 Å². The number of esters is 1. The van der Waals surface area contributed by atoms with Crippen molar-refractivity contribution in [3.63, 3.8) is 0 Å². The Labute approximate surface area is 186 Å². The van der Waals surface area contributed by atoms with E-state index in [1.165, 1.54) is 18.2 Å². The molecular formula is C27H36NO3+. The van der Waals surface area contributed by atoms with Crippen molar-refractivity contribution in [2.75, 3.05) is 7.11 Å². The number of methoxy groups -OCH3 is 1. The first-order chi connectivity index (χ1) is 14.9. The molecule has 4 nitrogen and oxygen atoms in total. The number of rotatable bonds is 6. The molecule has 2 saturated carbocycles. The van der Waals surface area contributed by atoms with Gasteiger partial charge in [0.25, 0.3) is 0 Å². The number of carbonyl (C=O) groups excluding carboxylic acids is 1. The largest absolute Gasteiger partial charge is 0.469 e. The third-order valence-electron chi connectivity index (χ3n) is 8.31. The number of carbonyl (C=O) groups is 1. The molecular weight excluding hydrogens is 386 g/mol. The van der Waals surface area contributed by atoms with Gasteiger partial charge in [-0.15, -0.1) is 0 Å². The number of aromatic nitrogens is 1. The van der Waals surface area contributed by atoms with Gasteiger partial charge in [0.15, 0.2) is 18.2 Å². The van der Waals surface area contributed by atoms with Gasteiger partial charge in [-0.05, 0) is 68.8 Å². The topological polar surface area (TPSA) is 43.3 Å². The zero-order chi connectivity index (χ0) is 22.1. The van der Waals surface area contributed by atoms with Gasteiger partial charge in [0.2, 0.25) is 6.54 Å². The summed E-state index contributed by atoms with van der Waals surface area (Å²) in [5.41, 5.74) is 2.34. The molecule has 4 unspecified atom stereocenters. The summed E-state index contributed by atoms with van der Waals surface area (Å²) in [6.07, 6.45) is 13.2. The molecule has 2 aliphatic rings. The summed E-state index contributed by atoms with van der Waals surface area (Å²) in [6.45, 7) is 9.78. The smallest absolute Gasteiger partial charge is 0.311 e. The molecule has 0 bridgehead atoms. The summed E-state index contributed by atoms with van der Waals surface area (Å²) in [7, 11) is 1.53. The summed E-state index contributed by atoms with van der Waals surface area (Å²) in [5, 5.41) is 0. The van der Waals surface area contributed by atoms with Crippen LogP contribution in [0.5, 0.6) is 0 Å². The highest BCUT2D eigenvalue weighted by Gasteiger charge is 2.57. The van der Waals surface area contributed by atoms with Crippen LogP contribution in [-0.4, -0.2) is 13.1 Å². The molecule has 0 aliphatic heterocycles. The molecule has 4 rings (SSSR count). The minimum Gasteiger partial charge on any atom is -0.469 e. The number of fused-ring (bicyclic) bond motifs is 1. The molecule has 2 aromatic heterocycles. The Morgan fingerprint density at radius 3 is 2.77 bits per heavy atom. The minimum absolute atomic E-state index is 0.0355. The first-order valence-corrected chi connectivity index (χ1v) is 11.6. The zero-order valence-electron chi connectivity index (χ0n) is 19.2. The maximum Gasteiger partial charge on any atom is 0.311 e. The summed E-state index contributed by atoms with van der Waals surface area (Å²) in [6, 6.07) is 8.22. The number of nitrogens with zero attached hydrogens (tertiary/aromatic N) is 1. The number of hydrogen-bond donors (Lipinski definition) is 0. The highest BCUT2D eigenvalue weighted by Crippen LogP contribution is 2.62. The van der Waals surface area contributed by atoms with E-state index in [9.17, 15) is 4.79 Å². The number of ether oxygens (including phenoxy) is 1. The molecule has 4 atom stereocenters. The van der Waals surface area contributed by atoms with Gasteiger partial charge >= 0.3 is 5.97 Å². The first kappa shape index (κ1) is 21.9. The van der Waals surface area contributed by atoms with Gasteiger partial charge < -0.3 is 9.15 Å². The molecule has 0 radical (unpaired) electrons. The Bertz CT molecular complexity index is 933. The summed E-state index contributed by atoms with van der Waals surface area (Å²) < 4.78 is 13.2. The zero-order valence-corrected chi connectivity index (χ0v) is 19.2. The van der Waals surface area contributed by atoms with E-state index in [1.54, 1.807) is 0 Å². The Hall–Kier alpha value is -2.36. The number of hydrogen-bond acceptors (Lipinski definition) is 3. The molecule has 2 heterocycles. The minimum atomic E-state index is -0.383. The van der Waals surface area contributed by atoms with Gasteiger partial charge in [0, 0.05) is 17.7 Å². The third-order valence-corrected chi connectivity index (χ3v) is 8.31. The van der Waals surface area contributed by atoms with Crippen LogP contribution in [0, 0.1) is 22.7 Å². The van der Waals surface area contributed by atoms with Gasteiger partial charge in [0.05, 0.1) is 18.8 Å². The van der Waals surface area contributed by atoms with Crippen LogP contribution in [0.25, 0.3) is 0 Å². The van der Waals surface area contributed by atoms with Crippen LogP contribution in [0.3, 0.4) is 0 Å². The van der Waals surface area contributed by atoms with Crippen molar-refractivity contribution in [3.8, 4) is 0 Å². The predicted octanol–water partition coefficient (Wildman–Crippen LogP) is 5.50. The van der Waals surface area contributed by atoms with Crippen molar-refractivity contribution in [1.29, 1.82) is 0 Å². The average Bonchev–Trinajstić information content (AvgIpc) is 3.20. The number of furan rings is 1. The van der Waals surface area contributed by atoms with Crippen molar-refractivity contribution in [2.24, 2.45) is 22.7 Å². The lowest BCUT2D eigenvalue weighted by Gasteiger charge is -2.57. The molecule has 0 saturated heterocycles. The summed E-state index contributed by atoms with van der Waals surface area (Å²) in [4.78, 5) is 12.8. The second kappa shape index (κ2) is 8.64. The maximum atomic E-state index is 12.8. The molecule has 31 heavy (non-hydrogen) atoms. The van der Waals surface area contributed by atoms with E-state index >= 15 is 0 Å². The van der Waals surface area contributed by atoms with Gasteiger partial charge in [-0.1, -0.05) is 31.6 Å². The van der Waals surface area contributed by atoms with Crippen LogP contribution in [0.2, 0.25) is 0 Å². The predicted molar refractivity (Wildman–Crippen MR) is 120 cm³/mol. The first-order valence-electron chi connectivity index (χ1n) is 11.6. The number of aryl methyl sites for hydroxylation is 1. The van der Waals surface area contributed by atoms with E-state index in [2.05, 4.69) is 43.5 Å². The Balaban J connectivity index is 1.53. The number of allylic oxidation sites excluding steroid dienone is 1. The highest BCUT2D eigenvalue weighted by atomic mass is 16.5. The fraction of sp³-hybridized carbons (Fsp3) is 0.556. The van der Waals surface area contributed by atoms with Crippen molar-refractivity contribution in [1.82, 2.24) is 0 Å². The molecule has 2 aromatic rings. The van der Waals surface area contributed by atoms with E-state index < -0.39 is 0 Å². The SMILES string of the molecule is C=C1CCC2C(C)(C(=O)OC)CCCC2(C)C1CCc1ccoc1C[n+]1ccccc1. The van der Waals surface area contributed by atoms with Crippen molar-refractivity contribution in [2.45, 2.75) is 65.3 Å². The Morgan fingerprint density at radius 1 is 1.26 bits per heavy atom. The van der Waals surface area contributed by atoms with Gasteiger partial charge in [-0.3, -0.25) is 4.79 Å². The van der Waals surface area contributed by atoms with Crippen LogP contribution in [0.15, 0.2) is 59.5 Å². The molecule has 0 spiro atoms. The lowest BCUT2D eigenvalue weighted by molar-refractivity contribution is -0.690. The third kappa shape index (κ3) is 3.97. The van der Waals surface area contributed by atoms with Crippen molar-refractivity contribution >= 4 is 5.97 Å². The van der Waals surface area contributed by atoms with Crippen LogP contribution in [0.1, 0.15) is 63.7 Å². The van der Waals surface area contributed by atoms with Gasteiger partial charge in [-0.2, -0.15) is 4.57 Å². The molecule has 166 valence electrons. The van der Waals surface area contributed by atoms with E-state index in [-0.39, 0.29) is 16.8 Å². The van der Waals surface area contributed by atoms with Crippen LogP contribution in [0.4, 0.5) is 0 Å². The van der Waals surface area contributed by atoms with Gasteiger partial charge in [-0.25, -0.2) is 0 Å². The monoisotopic (exact) mass is 422 g/mol. The molecule has 0 amide bonds. The van der Waals surface area contributed by atoms with Crippen LogP contribution in [-0.2, 0) is 22.5 Å². The second-order valence-electron chi connectivity index (χ2n) is 10.0. The normalized spacial score (nSPS) is 30.6. The van der Waals surface area contributed by atoms with Crippen molar-refractivity contribution < 1.29 is 18.5 Å². The lowest BCUT2D eigenvalue weighted by Crippen LogP contribution is -2.53.